The smallest absolute Gasteiger partial charge is 0.336 e. The molecule has 0 spiro atoms. The summed E-state index contributed by atoms with van der Waals surface area (Å²) in [6.45, 7) is 43.6. The van der Waals surface area contributed by atoms with Crippen molar-refractivity contribution in [3.8, 4) is 0 Å². The molecule has 3 aliphatic carbocycles. The van der Waals surface area contributed by atoms with E-state index in [2.05, 4.69) is 135 Å². The van der Waals surface area contributed by atoms with Crippen molar-refractivity contribution in [2.75, 3.05) is 56.0 Å². The van der Waals surface area contributed by atoms with Gasteiger partial charge in [-0.3, -0.25) is 0 Å². The van der Waals surface area contributed by atoms with Crippen molar-refractivity contribution in [3.63, 3.8) is 0 Å². The van der Waals surface area contributed by atoms with E-state index in [1.54, 1.807) is 13.7 Å². The molecule has 3 aliphatic rings. The molecule has 3 N–H and O–H groups in total. The Balaban J connectivity index is 0.000000317. The number of anilines is 3. The summed E-state index contributed by atoms with van der Waals surface area (Å²) in [5.74, 6) is 1.24. The van der Waals surface area contributed by atoms with Gasteiger partial charge in [-0.1, -0.05) is 200 Å². The Hall–Kier alpha value is -4.89. The normalized spacial score (nSPS) is 23.1. The highest BCUT2D eigenvalue weighted by Crippen LogP contribution is 2.54. The van der Waals surface area contributed by atoms with Crippen LogP contribution in [0, 0.1) is 32.5 Å². The molecular weight excluding hydrogens is 1180 g/mol. The van der Waals surface area contributed by atoms with Gasteiger partial charge in [0.05, 0.1) is 0 Å². The van der Waals surface area contributed by atoms with E-state index < -0.39 is 17.1 Å². The standard InChI is InChI=1S/C36H63N3O3.C24H45N3O3.C12H24N6O3/c1-13-34(10)19-25(16-31(4,5)22-34)37-28(40)38(26-17-32(6,7)23-35(11,14-2)20-26)30(42)39(29(37)41)27-18-33(8,9)24-36(12,15-3)21-27;1-4-7-10-13-16-19-25-22(28)26(20-17-14-11-8-5-2)24(30)27(23(25)29)21-18-15-12-9-6-3;1-4-19-7-13-10-16-11(14-8-20-5-2)18-12(17-10)15-9-21-6-3/h25-27H,13-24H2,1-12H3;4-21H2,1-3H3;4-9H2,1-3H3,(H3,13,14,15,16,17,18). The van der Waals surface area contributed by atoms with Crippen LogP contribution in [0.4, 0.5) is 17.8 Å². The van der Waals surface area contributed by atoms with E-state index in [0.717, 1.165) is 154 Å². The van der Waals surface area contributed by atoms with Crippen LogP contribution in [0.25, 0.3) is 0 Å². The number of ether oxygens (including phenoxy) is 3. The lowest BCUT2D eigenvalue weighted by atomic mass is 9.61. The fraction of sp³-hybridized carbons (Fsp3) is 0.875. The molecule has 3 saturated carbocycles. The van der Waals surface area contributed by atoms with Crippen LogP contribution >= 0.6 is 0 Å². The fourth-order valence-corrected chi connectivity index (χ4v) is 15.8. The summed E-state index contributed by atoms with van der Waals surface area (Å²) in [5, 5.41) is 8.88. The van der Waals surface area contributed by atoms with Crippen molar-refractivity contribution in [3.05, 3.63) is 62.9 Å². The van der Waals surface area contributed by atoms with Crippen LogP contribution in [-0.4, -0.2) is 82.4 Å². The number of nitrogens with zero attached hydrogens (tertiary/aromatic N) is 9. The number of unbranched alkanes of at least 4 members (excludes halogenated alkanes) is 12. The van der Waals surface area contributed by atoms with Crippen molar-refractivity contribution in [2.45, 2.75) is 336 Å². The third-order valence-corrected chi connectivity index (χ3v) is 20.2. The van der Waals surface area contributed by atoms with Gasteiger partial charge in [0, 0.05) is 57.6 Å². The molecule has 0 aliphatic heterocycles. The van der Waals surface area contributed by atoms with Gasteiger partial charge >= 0.3 is 34.1 Å². The molecule has 93 heavy (non-hydrogen) atoms. The number of hydrogen-bond acceptors (Lipinski definition) is 15. The Morgan fingerprint density at radius 3 is 0.796 bits per heavy atom. The minimum atomic E-state index is -0.418. The molecule has 0 aromatic carbocycles. The lowest BCUT2D eigenvalue weighted by Gasteiger charge is -2.49. The summed E-state index contributed by atoms with van der Waals surface area (Å²) in [4.78, 5) is 95.5. The second-order valence-corrected chi connectivity index (χ2v) is 31.0. The Morgan fingerprint density at radius 1 is 0.344 bits per heavy atom. The summed E-state index contributed by atoms with van der Waals surface area (Å²) in [6, 6.07) is -0.625. The van der Waals surface area contributed by atoms with Gasteiger partial charge in [0.2, 0.25) is 17.8 Å². The van der Waals surface area contributed by atoms with Crippen LogP contribution < -0.4 is 50.1 Å². The molecule has 3 aromatic heterocycles. The number of rotatable bonds is 36. The first-order valence-electron chi connectivity index (χ1n) is 36.6. The van der Waals surface area contributed by atoms with E-state index in [4.69, 9.17) is 14.2 Å². The molecular formula is C72H132N12O9. The van der Waals surface area contributed by atoms with Gasteiger partial charge < -0.3 is 30.2 Å². The lowest BCUT2D eigenvalue weighted by molar-refractivity contribution is 0.0315. The topological polar surface area (TPSA) is 234 Å². The minimum absolute atomic E-state index is 0.00653. The molecule has 534 valence electrons. The van der Waals surface area contributed by atoms with Gasteiger partial charge in [-0.25, -0.2) is 56.2 Å². The van der Waals surface area contributed by atoms with E-state index >= 15 is 0 Å². The first-order chi connectivity index (χ1) is 44.0. The zero-order chi connectivity index (χ0) is 69.2. The SMILES string of the molecule is CCC1(C)CC(n2c(=O)n(C3CC(C)(C)CC(C)(CC)C3)c(=O)n(C3CC(C)(C)CC(C)(CC)C3)c2=O)CC(C)(C)C1.CCCCCCCn1c(=O)n(CCCCCCC)c(=O)n(CCCCCCC)c1=O.CCOCNc1nc(NCOCC)nc(NCOCC)n1. The highest BCUT2D eigenvalue weighted by molar-refractivity contribution is 5.41. The summed E-state index contributed by atoms with van der Waals surface area (Å²) < 4.78 is 24.3. The van der Waals surface area contributed by atoms with Crippen LogP contribution in [0.1, 0.15) is 316 Å². The molecule has 0 radical (unpaired) electrons. The van der Waals surface area contributed by atoms with Gasteiger partial charge in [-0.15, -0.1) is 0 Å². The molecule has 21 nitrogen and oxygen atoms in total. The summed E-state index contributed by atoms with van der Waals surface area (Å²) in [5.41, 5.74) is -2.19. The summed E-state index contributed by atoms with van der Waals surface area (Å²) >= 11 is 0. The van der Waals surface area contributed by atoms with Crippen LogP contribution in [0.5, 0.6) is 0 Å². The first kappa shape index (κ1) is 80.5. The maximum absolute atomic E-state index is 14.7. The predicted molar refractivity (Wildman–Crippen MR) is 380 cm³/mol. The van der Waals surface area contributed by atoms with Gasteiger partial charge in [0.1, 0.15) is 20.2 Å². The Morgan fingerprint density at radius 2 is 0.581 bits per heavy atom. The molecule has 6 rings (SSSR count). The van der Waals surface area contributed by atoms with Crippen LogP contribution in [-0.2, 0) is 33.8 Å². The molecule has 0 amide bonds. The third kappa shape index (κ3) is 24.6. The molecule has 6 unspecified atom stereocenters. The Kier molecular flexibility index (Phi) is 33.0. The molecule has 0 bridgehead atoms. The van der Waals surface area contributed by atoms with E-state index in [-0.39, 0.29) is 67.7 Å². The Labute approximate surface area is 559 Å². The largest absolute Gasteiger partial charge is 0.362 e. The van der Waals surface area contributed by atoms with E-state index in [1.807, 2.05) is 20.8 Å². The maximum atomic E-state index is 14.7. The maximum Gasteiger partial charge on any atom is 0.336 e. The molecule has 3 fully saturated rings. The number of nitrogens with one attached hydrogen (secondary N) is 3. The first-order valence-corrected chi connectivity index (χ1v) is 36.6. The highest BCUT2D eigenvalue weighted by atomic mass is 16.5. The minimum Gasteiger partial charge on any atom is -0.362 e. The molecule has 0 saturated heterocycles. The number of aromatic nitrogens is 9. The zero-order valence-electron chi connectivity index (χ0n) is 61.9. The number of hydrogen-bond donors (Lipinski definition) is 3. The Bertz CT molecular complexity index is 2690. The van der Waals surface area contributed by atoms with Crippen molar-refractivity contribution in [1.29, 1.82) is 0 Å². The molecule has 6 atom stereocenters. The van der Waals surface area contributed by atoms with E-state index in [1.165, 1.54) is 33.0 Å². The lowest BCUT2D eigenvalue weighted by Crippen LogP contribution is -2.60. The summed E-state index contributed by atoms with van der Waals surface area (Å²) in [7, 11) is 0. The second kappa shape index (κ2) is 38.2. The zero-order valence-corrected chi connectivity index (χ0v) is 61.9. The molecule has 3 aromatic rings. The van der Waals surface area contributed by atoms with Gasteiger partial charge in [0.25, 0.3) is 0 Å². The summed E-state index contributed by atoms with van der Waals surface area (Å²) in [6.07, 6.45) is 26.8. The van der Waals surface area contributed by atoms with Crippen LogP contribution in [0.3, 0.4) is 0 Å². The van der Waals surface area contributed by atoms with Gasteiger partial charge in [-0.2, -0.15) is 15.0 Å². The van der Waals surface area contributed by atoms with Crippen molar-refractivity contribution in [1.82, 2.24) is 42.4 Å². The van der Waals surface area contributed by atoms with Crippen molar-refractivity contribution < 1.29 is 14.2 Å². The molecule has 21 heteroatoms. The van der Waals surface area contributed by atoms with Crippen LogP contribution in [0.2, 0.25) is 0 Å². The van der Waals surface area contributed by atoms with Gasteiger partial charge in [-0.05, 0) is 130 Å². The second-order valence-electron chi connectivity index (χ2n) is 31.0. The van der Waals surface area contributed by atoms with Crippen molar-refractivity contribution in [2.24, 2.45) is 32.5 Å². The van der Waals surface area contributed by atoms with Crippen LogP contribution in [0.15, 0.2) is 28.8 Å². The van der Waals surface area contributed by atoms with Crippen molar-refractivity contribution >= 4 is 17.8 Å². The monoisotopic (exact) mass is 1310 g/mol. The highest BCUT2D eigenvalue weighted by Gasteiger charge is 2.47. The average molecular weight is 1310 g/mol. The average Bonchev–Trinajstić information content (AvgIpc) is 0.732. The van der Waals surface area contributed by atoms with Gasteiger partial charge in [0.15, 0.2) is 0 Å². The quantitative estimate of drug-likeness (QED) is 0.0363. The molecule has 3 heterocycles. The third-order valence-electron chi connectivity index (χ3n) is 20.2. The van der Waals surface area contributed by atoms with E-state index in [9.17, 15) is 28.8 Å². The fourth-order valence-electron chi connectivity index (χ4n) is 15.8. The van der Waals surface area contributed by atoms with E-state index in [0.29, 0.717) is 77.5 Å². The predicted octanol–water partition coefficient (Wildman–Crippen LogP) is 14.8.